The van der Waals surface area contributed by atoms with Crippen molar-refractivity contribution in [3.05, 3.63) is 0 Å². The first-order valence-corrected chi connectivity index (χ1v) is 26.5. The molecule has 2 rings (SSSR count). The van der Waals surface area contributed by atoms with Crippen LogP contribution in [0, 0.1) is 5.92 Å². The molecule has 0 spiro atoms. The van der Waals surface area contributed by atoms with Gasteiger partial charge in [0.25, 0.3) is 0 Å². The maximum atomic E-state index is 11.7. The van der Waals surface area contributed by atoms with Crippen LogP contribution in [0.1, 0.15) is 181 Å². The van der Waals surface area contributed by atoms with E-state index in [2.05, 4.69) is 22.9 Å². The minimum Gasteiger partial charge on any atom is -0.394 e. The first-order valence-electron chi connectivity index (χ1n) is 23.5. The number of unbranched alkanes of at least 4 members (excludes halogenated alkanes) is 22. The summed E-state index contributed by atoms with van der Waals surface area (Å²) in [5.41, 5.74) is 0. The molecule has 10 atom stereocenters. The van der Waals surface area contributed by atoms with E-state index in [1.807, 2.05) is 0 Å². The quantitative estimate of drug-likeness (QED) is 0.0233. The van der Waals surface area contributed by atoms with Crippen molar-refractivity contribution in [2.24, 2.45) is 5.92 Å². The first kappa shape index (κ1) is 57.0. The Balaban J connectivity index is 1.97. The summed E-state index contributed by atoms with van der Waals surface area (Å²) < 4.78 is 55.6. The summed E-state index contributed by atoms with van der Waals surface area (Å²) in [6.45, 7) is 2.93. The van der Waals surface area contributed by atoms with E-state index < -0.39 is 90.3 Å². The minimum absolute atomic E-state index is 0.177. The van der Waals surface area contributed by atoms with Gasteiger partial charge in [0.15, 0.2) is 12.6 Å². The Morgan fingerprint density at radius 1 is 0.475 bits per heavy atom. The highest BCUT2D eigenvalue weighted by Gasteiger charge is 2.54. The molecule has 2 aliphatic rings. The van der Waals surface area contributed by atoms with Crippen molar-refractivity contribution in [2.45, 2.75) is 242 Å². The van der Waals surface area contributed by atoms with Gasteiger partial charge < -0.3 is 64.1 Å². The van der Waals surface area contributed by atoms with Gasteiger partial charge in [-0.3, -0.25) is 9.05 Å². The summed E-state index contributed by atoms with van der Waals surface area (Å²) >= 11 is 0. The number of phosphoric ester groups is 2. The summed E-state index contributed by atoms with van der Waals surface area (Å²) in [5.74, 6) is 0.177. The van der Waals surface area contributed by atoms with Crippen LogP contribution >= 0.6 is 15.6 Å². The summed E-state index contributed by atoms with van der Waals surface area (Å²) in [5, 5.41) is 53.5. The average Bonchev–Trinajstić information content (AvgIpc) is 3.20. The zero-order valence-corrected chi connectivity index (χ0v) is 38.8. The Morgan fingerprint density at radius 3 is 1.23 bits per heavy atom. The topological polar surface area (TPSA) is 272 Å². The Kier molecular flexibility index (Phi) is 30.4. The molecule has 364 valence electrons. The fourth-order valence-electron chi connectivity index (χ4n) is 8.32. The van der Waals surface area contributed by atoms with Gasteiger partial charge in [-0.1, -0.05) is 168 Å². The number of hydrogen-bond acceptors (Lipinski definition) is 13. The highest BCUT2D eigenvalue weighted by molar-refractivity contribution is 7.46. The van der Waals surface area contributed by atoms with Crippen LogP contribution in [-0.2, 0) is 37.1 Å². The molecule has 9 N–H and O–H groups in total. The molecular formula is C42H84O17P2. The van der Waals surface area contributed by atoms with E-state index in [1.54, 1.807) is 0 Å². The fraction of sp³-hybridized carbons (Fsp3) is 1.00. The van der Waals surface area contributed by atoms with E-state index in [1.165, 1.54) is 128 Å². The predicted molar refractivity (Wildman–Crippen MR) is 229 cm³/mol. The van der Waals surface area contributed by atoms with Crippen molar-refractivity contribution in [1.29, 1.82) is 0 Å². The Morgan fingerprint density at radius 2 is 0.836 bits per heavy atom. The van der Waals surface area contributed by atoms with Crippen LogP contribution in [0.25, 0.3) is 0 Å². The van der Waals surface area contributed by atoms with Gasteiger partial charge in [-0.2, -0.15) is 0 Å². The van der Waals surface area contributed by atoms with Crippen LogP contribution in [0.4, 0.5) is 0 Å². The summed E-state index contributed by atoms with van der Waals surface area (Å²) in [4.78, 5) is 37.6. The summed E-state index contributed by atoms with van der Waals surface area (Å²) in [7, 11) is -10.8. The Hall–Kier alpha value is -0.140. The van der Waals surface area contributed by atoms with Gasteiger partial charge in [-0.25, -0.2) is 9.13 Å². The molecule has 0 aromatic heterocycles. The van der Waals surface area contributed by atoms with Gasteiger partial charge in [0.05, 0.1) is 19.8 Å². The van der Waals surface area contributed by atoms with Crippen molar-refractivity contribution < 1.29 is 82.2 Å². The maximum absolute atomic E-state index is 11.7. The minimum atomic E-state index is -5.44. The fourth-order valence-corrected chi connectivity index (χ4v) is 9.46. The van der Waals surface area contributed by atoms with Crippen molar-refractivity contribution in [2.75, 3.05) is 19.8 Å². The van der Waals surface area contributed by atoms with Gasteiger partial charge in [-0.05, 0) is 18.8 Å². The molecule has 0 aromatic carbocycles. The molecule has 61 heavy (non-hydrogen) atoms. The lowest BCUT2D eigenvalue weighted by Crippen LogP contribution is -2.65. The Bertz CT molecular complexity index is 1150. The van der Waals surface area contributed by atoms with Crippen LogP contribution in [0.5, 0.6) is 0 Å². The third-order valence-corrected chi connectivity index (χ3v) is 12.9. The Labute approximate surface area is 365 Å². The molecule has 2 aliphatic heterocycles. The second-order valence-corrected chi connectivity index (χ2v) is 19.6. The number of phosphoric acid groups is 2. The summed E-state index contributed by atoms with van der Waals surface area (Å²) in [6, 6.07) is 0. The zero-order chi connectivity index (χ0) is 45.1. The number of aliphatic hydroxyl groups is 5. The largest absolute Gasteiger partial charge is 0.470 e. The molecule has 0 saturated carbocycles. The lowest BCUT2D eigenvalue weighted by molar-refractivity contribution is -0.358. The first-order chi connectivity index (χ1) is 29.1. The third kappa shape index (κ3) is 24.3. The highest BCUT2D eigenvalue weighted by atomic mass is 31.2. The van der Waals surface area contributed by atoms with E-state index in [4.69, 9.17) is 18.9 Å². The maximum Gasteiger partial charge on any atom is 0.470 e. The molecule has 0 bridgehead atoms. The van der Waals surface area contributed by atoms with E-state index in [0.717, 1.165) is 38.5 Å². The molecule has 2 fully saturated rings. The molecule has 0 amide bonds. The second kappa shape index (κ2) is 32.5. The van der Waals surface area contributed by atoms with E-state index in [0.29, 0.717) is 0 Å². The molecule has 0 radical (unpaired) electrons. The third-order valence-electron chi connectivity index (χ3n) is 11.9. The molecular weight excluding hydrogens is 838 g/mol. The lowest BCUT2D eigenvalue weighted by atomic mass is 9.94. The van der Waals surface area contributed by atoms with Gasteiger partial charge in [0, 0.05) is 0 Å². The average molecular weight is 923 g/mol. The molecule has 2 saturated heterocycles. The predicted octanol–water partition coefficient (Wildman–Crippen LogP) is 6.66. The van der Waals surface area contributed by atoms with Crippen molar-refractivity contribution >= 4 is 15.6 Å². The van der Waals surface area contributed by atoms with Crippen LogP contribution in [0.3, 0.4) is 0 Å². The van der Waals surface area contributed by atoms with E-state index >= 15 is 0 Å². The van der Waals surface area contributed by atoms with Crippen molar-refractivity contribution in [3.8, 4) is 0 Å². The molecule has 17 nitrogen and oxygen atoms in total. The van der Waals surface area contributed by atoms with Gasteiger partial charge in [0.1, 0.15) is 48.8 Å². The number of aliphatic hydroxyl groups excluding tert-OH is 5. The zero-order valence-electron chi connectivity index (χ0n) is 37.0. The van der Waals surface area contributed by atoms with Crippen LogP contribution < -0.4 is 0 Å². The van der Waals surface area contributed by atoms with Crippen LogP contribution in [0.15, 0.2) is 0 Å². The van der Waals surface area contributed by atoms with Gasteiger partial charge >= 0.3 is 15.6 Å². The van der Waals surface area contributed by atoms with Crippen LogP contribution in [-0.4, -0.2) is 126 Å². The molecule has 0 aliphatic carbocycles. The number of hydrogen-bond donors (Lipinski definition) is 9. The smallest absolute Gasteiger partial charge is 0.394 e. The monoisotopic (exact) mass is 923 g/mol. The van der Waals surface area contributed by atoms with Gasteiger partial charge in [0.2, 0.25) is 0 Å². The molecule has 1 unspecified atom stereocenters. The van der Waals surface area contributed by atoms with Crippen LogP contribution in [0.2, 0.25) is 0 Å². The number of ether oxygens (including phenoxy) is 4. The SMILES string of the molecule is CCCCCCCCCCCCCCC(CCCCCCCCCCCCCC)CO[C@@H]1O[C@H](CO)[C@@H](OC2O[C@H](CO)[C@H](OP(=O)(O)O)[C@H](OP(=O)(O)O)[C@H]2O)[C@H](O)[C@H]1O. The second-order valence-electron chi connectivity index (χ2n) is 17.2. The summed E-state index contributed by atoms with van der Waals surface area (Å²) in [6.07, 6.45) is 13.8. The molecule has 2 heterocycles. The normalized spacial score (nSPS) is 27.6. The molecule has 0 aromatic rings. The standard InChI is InChI=1S/C42H84O17P2/c1-3-5-7-9-11-13-15-17-19-21-23-25-27-32(28-26-24-22-20-18-16-14-12-10-8-6-4-2)31-54-41-36(46)35(45)38(33(29-43)55-41)57-42-37(47)40(59-61(51,52)53)39(34(30-44)56-42)58-60(48,49)50/h32-47H,3-31H2,1-2H3,(H2,48,49,50)(H2,51,52,53)/t33-,34-,35-,36-,37-,38-,39+,40-,41-,42?/m1/s1. The lowest BCUT2D eigenvalue weighted by Gasteiger charge is -2.47. The van der Waals surface area contributed by atoms with E-state index in [9.17, 15) is 54.2 Å². The highest BCUT2D eigenvalue weighted by Crippen LogP contribution is 2.47. The number of rotatable bonds is 37. The van der Waals surface area contributed by atoms with E-state index in [-0.39, 0.29) is 12.5 Å². The van der Waals surface area contributed by atoms with Gasteiger partial charge in [-0.15, -0.1) is 0 Å². The van der Waals surface area contributed by atoms with Crippen molar-refractivity contribution in [3.63, 3.8) is 0 Å². The molecule has 19 heteroatoms. The van der Waals surface area contributed by atoms with Crippen molar-refractivity contribution in [1.82, 2.24) is 0 Å².